The smallest absolute Gasteiger partial charge is 0.224 e. The third-order valence-corrected chi connectivity index (χ3v) is 2.66. The molecule has 0 aliphatic carbocycles. The van der Waals surface area contributed by atoms with Crippen LogP contribution in [-0.2, 0) is 4.79 Å². The molecule has 0 aliphatic heterocycles. The Morgan fingerprint density at radius 1 is 1.38 bits per heavy atom. The third kappa shape index (κ3) is 12.1. The molecule has 1 rings (SSSR count). The quantitative estimate of drug-likeness (QED) is 0.781. The second kappa shape index (κ2) is 9.53. The van der Waals surface area contributed by atoms with Crippen molar-refractivity contribution in [2.24, 2.45) is 11.7 Å². The molecule has 1 aromatic rings. The predicted octanol–water partition coefficient (Wildman–Crippen LogP) is 3.09. The SMILES string of the molecule is CC(C)(N)CO.Cc1cccc(NC(=O)CCC(C)C)c1. The van der Waals surface area contributed by atoms with E-state index >= 15 is 0 Å². The average molecular weight is 294 g/mol. The van der Waals surface area contributed by atoms with Crippen molar-refractivity contribution in [2.75, 3.05) is 11.9 Å². The highest BCUT2D eigenvalue weighted by molar-refractivity contribution is 5.90. The molecule has 4 nitrogen and oxygen atoms in total. The standard InChI is InChI=1S/C13H19NO.C4H11NO/c1-10(2)7-8-13(15)14-12-6-4-5-11(3)9-12;1-4(2,5)3-6/h4-6,9-10H,7-8H2,1-3H3,(H,14,15);6H,3,5H2,1-2H3. The largest absolute Gasteiger partial charge is 0.394 e. The molecule has 0 aromatic heterocycles. The van der Waals surface area contributed by atoms with Crippen LogP contribution in [0.5, 0.6) is 0 Å². The lowest BCUT2D eigenvalue weighted by Gasteiger charge is -2.12. The number of nitrogens with two attached hydrogens (primary N) is 1. The first-order valence-corrected chi connectivity index (χ1v) is 7.40. The van der Waals surface area contributed by atoms with Gasteiger partial charge in [0.15, 0.2) is 0 Å². The number of amides is 1. The Bertz CT molecular complexity index is 423. The minimum Gasteiger partial charge on any atom is -0.394 e. The molecule has 4 heteroatoms. The number of aliphatic hydroxyl groups excluding tert-OH is 1. The van der Waals surface area contributed by atoms with E-state index in [9.17, 15) is 4.79 Å². The zero-order valence-corrected chi connectivity index (χ0v) is 13.9. The Labute approximate surface area is 128 Å². The van der Waals surface area contributed by atoms with E-state index in [0.717, 1.165) is 17.7 Å². The number of hydrogen-bond acceptors (Lipinski definition) is 3. The van der Waals surface area contributed by atoms with Crippen molar-refractivity contribution < 1.29 is 9.90 Å². The lowest BCUT2D eigenvalue weighted by Crippen LogP contribution is -2.35. The highest BCUT2D eigenvalue weighted by Crippen LogP contribution is 2.11. The first-order valence-electron chi connectivity index (χ1n) is 7.40. The van der Waals surface area contributed by atoms with Gasteiger partial charge in [-0.2, -0.15) is 0 Å². The van der Waals surface area contributed by atoms with E-state index in [1.807, 2.05) is 31.2 Å². The normalized spacial score (nSPS) is 10.9. The van der Waals surface area contributed by atoms with Gasteiger partial charge in [0.05, 0.1) is 6.61 Å². The fourth-order valence-electron chi connectivity index (χ4n) is 1.37. The van der Waals surface area contributed by atoms with Crippen molar-refractivity contribution in [2.45, 2.75) is 53.0 Å². The van der Waals surface area contributed by atoms with Crippen LogP contribution >= 0.6 is 0 Å². The molecule has 120 valence electrons. The Kier molecular flexibility index (Phi) is 8.90. The minimum atomic E-state index is -0.403. The second-order valence-corrected chi connectivity index (χ2v) is 6.50. The van der Waals surface area contributed by atoms with E-state index in [2.05, 4.69) is 19.2 Å². The van der Waals surface area contributed by atoms with Crippen LogP contribution in [-0.4, -0.2) is 23.2 Å². The molecule has 0 saturated carbocycles. The highest BCUT2D eigenvalue weighted by atomic mass is 16.3. The van der Waals surface area contributed by atoms with Crippen molar-refractivity contribution in [3.05, 3.63) is 29.8 Å². The van der Waals surface area contributed by atoms with E-state index in [1.165, 1.54) is 0 Å². The number of aryl methyl sites for hydroxylation is 1. The van der Waals surface area contributed by atoms with Gasteiger partial charge >= 0.3 is 0 Å². The monoisotopic (exact) mass is 294 g/mol. The number of nitrogens with one attached hydrogen (secondary N) is 1. The van der Waals surface area contributed by atoms with Gasteiger partial charge in [0.1, 0.15) is 0 Å². The van der Waals surface area contributed by atoms with Crippen molar-refractivity contribution in [1.82, 2.24) is 0 Å². The summed E-state index contributed by atoms with van der Waals surface area (Å²) in [5.41, 5.74) is 6.94. The van der Waals surface area contributed by atoms with Crippen LogP contribution < -0.4 is 11.1 Å². The van der Waals surface area contributed by atoms with Gasteiger partial charge in [0.25, 0.3) is 0 Å². The number of benzene rings is 1. The maximum absolute atomic E-state index is 11.5. The fraction of sp³-hybridized carbons (Fsp3) is 0.588. The number of anilines is 1. The summed E-state index contributed by atoms with van der Waals surface area (Å²) in [6, 6.07) is 7.87. The van der Waals surface area contributed by atoms with Gasteiger partial charge in [-0.1, -0.05) is 26.0 Å². The molecule has 1 amide bonds. The summed E-state index contributed by atoms with van der Waals surface area (Å²) < 4.78 is 0. The van der Waals surface area contributed by atoms with Gasteiger partial charge in [-0.05, 0) is 50.8 Å². The van der Waals surface area contributed by atoms with Gasteiger partial charge in [0.2, 0.25) is 5.91 Å². The molecule has 0 atom stereocenters. The van der Waals surface area contributed by atoms with Crippen LogP contribution in [0.4, 0.5) is 5.69 Å². The topological polar surface area (TPSA) is 75.3 Å². The number of carbonyl (C=O) groups excluding carboxylic acids is 1. The summed E-state index contributed by atoms with van der Waals surface area (Å²) in [6.07, 6.45) is 1.54. The van der Waals surface area contributed by atoms with Crippen molar-refractivity contribution in [3.8, 4) is 0 Å². The van der Waals surface area contributed by atoms with Crippen LogP contribution in [0.15, 0.2) is 24.3 Å². The molecule has 4 N–H and O–H groups in total. The first-order chi connectivity index (χ1) is 9.64. The van der Waals surface area contributed by atoms with Crippen LogP contribution in [0.25, 0.3) is 0 Å². The molecule has 0 bridgehead atoms. The molecular weight excluding hydrogens is 264 g/mol. The summed E-state index contributed by atoms with van der Waals surface area (Å²) in [4.78, 5) is 11.5. The Morgan fingerprint density at radius 2 is 1.95 bits per heavy atom. The molecule has 0 radical (unpaired) electrons. The first kappa shape index (κ1) is 19.6. The zero-order chi connectivity index (χ0) is 16.5. The van der Waals surface area contributed by atoms with E-state index in [1.54, 1.807) is 13.8 Å². The molecule has 0 heterocycles. The molecule has 0 saturated heterocycles. The molecule has 0 fully saturated rings. The molecule has 1 aromatic carbocycles. The molecule has 21 heavy (non-hydrogen) atoms. The summed E-state index contributed by atoms with van der Waals surface area (Å²) in [6.45, 7) is 9.86. The predicted molar refractivity (Wildman–Crippen MR) is 89.2 cm³/mol. The van der Waals surface area contributed by atoms with Crippen LogP contribution in [0.3, 0.4) is 0 Å². The summed E-state index contributed by atoms with van der Waals surface area (Å²) in [5.74, 6) is 0.683. The zero-order valence-electron chi connectivity index (χ0n) is 13.9. The summed E-state index contributed by atoms with van der Waals surface area (Å²) in [5, 5.41) is 11.2. The number of rotatable bonds is 5. The van der Waals surface area contributed by atoms with E-state index in [0.29, 0.717) is 12.3 Å². The number of carbonyl (C=O) groups is 1. The molecular formula is C17H30N2O2. The molecule has 0 spiro atoms. The van der Waals surface area contributed by atoms with E-state index < -0.39 is 5.54 Å². The molecule has 0 unspecified atom stereocenters. The minimum absolute atomic E-state index is 0.0486. The van der Waals surface area contributed by atoms with Crippen molar-refractivity contribution in [3.63, 3.8) is 0 Å². The van der Waals surface area contributed by atoms with Crippen molar-refractivity contribution >= 4 is 11.6 Å². The fourth-order valence-corrected chi connectivity index (χ4v) is 1.37. The molecule has 0 aliphatic rings. The lowest BCUT2D eigenvalue weighted by atomic mass is 10.1. The van der Waals surface area contributed by atoms with Gasteiger partial charge in [0, 0.05) is 17.6 Å². The average Bonchev–Trinajstić information content (AvgIpc) is 2.36. The highest BCUT2D eigenvalue weighted by Gasteiger charge is 2.05. The van der Waals surface area contributed by atoms with Crippen LogP contribution in [0, 0.1) is 12.8 Å². The van der Waals surface area contributed by atoms with Gasteiger partial charge < -0.3 is 16.2 Å². The summed E-state index contributed by atoms with van der Waals surface area (Å²) >= 11 is 0. The lowest BCUT2D eigenvalue weighted by molar-refractivity contribution is -0.116. The number of aliphatic hydroxyl groups is 1. The maximum Gasteiger partial charge on any atom is 0.224 e. The summed E-state index contributed by atoms with van der Waals surface area (Å²) in [7, 11) is 0. The Hall–Kier alpha value is -1.39. The van der Waals surface area contributed by atoms with Crippen LogP contribution in [0.2, 0.25) is 0 Å². The van der Waals surface area contributed by atoms with Crippen LogP contribution in [0.1, 0.15) is 46.1 Å². The van der Waals surface area contributed by atoms with Gasteiger partial charge in [-0.3, -0.25) is 4.79 Å². The van der Waals surface area contributed by atoms with Gasteiger partial charge in [-0.15, -0.1) is 0 Å². The third-order valence-electron chi connectivity index (χ3n) is 2.66. The van der Waals surface area contributed by atoms with E-state index in [-0.39, 0.29) is 12.5 Å². The van der Waals surface area contributed by atoms with Gasteiger partial charge in [-0.25, -0.2) is 0 Å². The van der Waals surface area contributed by atoms with E-state index in [4.69, 9.17) is 10.8 Å². The number of hydrogen-bond donors (Lipinski definition) is 3. The Morgan fingerprint density at radius 3 is 2.38 bits per heavy atom. The maximum atomic E-state index is 11.5. The van der Waals surface area contributed by atoms with Crippen molar-refractivity contribution in [1.29, 1.82) is 0 Å². The Balaban J connectivity index is 0.000000567. The second-order valence-electron chi connectivity index (χ2n) is 6.50.